The van der Waals surface area contributed by atoms with Crippen molar-refractivity contribution in [1.82, 2.24) is 40.4 Å². The smallest absolute Gasteiger partial charge is 0.407 e. The van der Waals surface area contributed by atoms with Crippen LogP contribution >= 0.6 is 0 Å². The van der Waals surface area contributed by atoms with Crippen LogP contribution in [-0.2, 0) is 28.5 Å². The number of methoxy groups -OCH3 is 4. The molecule has 2 aromatic carbocycles. The van der Waals surface area contributed by atoms with Crippen molar-refractivity contribution in [3.05, 3.63) is 72.6 Å². The molecule has 4 heterocycles. The molecule has 2 aromatic heterocycles. The van der Waals surface area contributed by atoms with Gasteiger partial charge in [0.25, 0.3) is 0 Å². The van der Waals surface area contributed by atoms with Gasteiger partial charge in [-0.1, -0.05) is 48.5 Å². The largest absolute Gasteiger partial charge is 0.453 e. The third kappa shape index (κ3) is 8.87. The Bertz CT molecular complexity index is 1960. The van der Waals surface area contributed by atoms with E-state index in [1.165, 1.54) is 21.3 Å². The highest BCUT2D eigenvalue weighted by Gasteiger charge is 2.39. The van der Waals surface area contributed by atoms with Crippen LogP contribution < -0.4 is 10.6 Å². The zero-order valence-corrected chi connectivity index (χ0v) is 32.4. The molecule has 2 fully saturated rings. The van der Waals surface area contributed by atoms with Gasteiger partial charge in [-0.25, -0.2) is 19.6 Å². The van der Waals surface area contributed by atoms with Gasteiger partial charge in [0.2, 0.25) is 11.8 Å². The molecular formula is C40H50N8O8. The van der Waals surface area contributed by atoms with Gasteiger partial charge in [-0.15, -0.1) is 0 Å². The highest BCUT2D eigenvalue weighted by Crippen LogP contribution is 2.35. The SMILES string of the molecule is COCC[C@H](NC(=O)OC)C(=O)N1CCC[C@H]1c1ncc(-c2ccc(-c3ccc(-c4cnc([C@@H]5CCCN5C(=O)C(NC(=O)OC)[C@@H](C)OC)[nH]4)cc3)cc2)[nH]1. The highest BCUT2D eigenvalue weighted by molar-refractivity contribution is 5.87. The average Bonchev–Trinajstić information content (AvgIpc) is 4.07. The molecule has 0 spiro atoms. The Hall–Kier alpha value is -5.74. The molecule has 6 rings (SSSR count). The maximum atomic E-state index is 13.6. The predicted molar refractivity (Wildman–Crippen MR) is 206 cm³/mol. The van der Waals surface area contributed by atoms with Crippen molar-refractivity contribution >= 4 is 24.0 Å². The number of H-pyrrole nitrogens is 2. The number of alkyl carbamates (subject to hydrolysis) is 2. The number of hydrogen-bond acceptors (Lipinski definition) is 10. The average molecular weight is 771 g/mol. The Morgan fingerprint density at radius 1 is 0.714 bits per heavy atom. The van der Waals surface area contributed by atoms with Crippen molar-refractivity contribution in [2.24, 2.45) is 0 Å². The normalized spacial score (nSPS) is 18.3. The van der Waals surface area contributed by atoms with Gasteiger partial charge in [0, 0.05) is 40.3 Å². The zero-order valence-electron chi connectivity index (χ0n) is 32.4. The summed E-state index contributed by atoms with van der Waals surface area (Å²) in [5.41, 5.74) is 5.66. The number of nitrogens with one attached hydrogen (secondary N) is 4. The van der Waals surface area contributed by atoms with Crippen LogP contribution in [0.4, 0.5) is 9.59 Å². The van der Waals surface area contributed by atoms with Crippen LogP contribution in [0.25, 0.3) is 33.6 Å². The summed E-state index contributed by atoms with van der Waals surface area (Å²) in [6, 6.07) is 14.2. The van der Waals surface area contributed by atoms with Crippen molar-refractivity contribution in [3.63, 3.8) is 0 Å². The first-order valence-electron chi connectivity index (χ1n) is 18.8. The number of likely N-dealkylation sites (tertiary alicyclic amines) is 2. The topological polar surface area (TPSA) is 193 Å². The Morgan fingerprint density at radius 3 is 1.64 bits per heavy atom. The van der Waals surface area contributed by atoms with Gasteiger partial charge >= 0.3 is 12.2 Å². The number of carbonyl (C=O) groups excluding carboxylic acids is 4. The maximum Gasteiger partial charge on any atom is 0.407 e. The van der Waals surface area contributed by atoms with Crippen LogP contribution in [-0.4, -0.2) is 120 Å². The molecular weight excluding hydrogens is 720 g/mol. The van der Waals surface area contributed by atoms with Crippen LogP contribution in [0.5, 0.6) is 0 Å². The lowest BCUT2D eigenvalue weighted by molar-refractivity contribution is -0.137. The number of hydrogen-bond donors (Lipinski definition) is 4. The number of imidazole rings is 2. The first-order valence-corrected chi connectivity index (χ1v) is 18.8. The summed E-state index contributed by atoms with van der Waals surface area (Å²) in [6.45, 7) is 3.15. The third-order valence-electron chi connectivity index (χ3n) is 10.6. The number of aromatic amines is 2. The van der Waals surface area contributed by atoms with Crippen molar-refractivity contribution in [1.29, 1.82) is 0 Å². The fourth-order valence-corrected chi connectivity index (χ4v) is 7.39. The van der Waals surface area contributed by atoms with Gasteiger partial charge in [0.15, 0.2) is 0 Å². The van der Waals surface area contributed by atoms with E-state index in [9.17, 15) is 19.2 Å². The minimum absolute atomic E-state index is 0.193. The molecule has 2 aliphatic heterocycles. The van der Waals surface area contributed by atoms with Crippen molar-refractivity contribution in [2.75, 3.05) is 48.1 Å². The molecule has 4 amide bonds. The van der Waals surface area contributed by atoms with Gasteiger partial charge in [-0.05, 0) is 54.9 Å². The van der Waals surface area contributed by atoms with Gasteiger partial charge in [-0.3, -0.25) is 9.59 Å². The van der Waals surface area contributed by atoms with Crippen LogP contribution in [0, 0.1) is 0 Å². The van der Waals surface area contributed by atoms with E-state index in [-0.39, 0.29) is 23.9 Å². The lowest BCUT2D eigenvalue weighted by atomic mass is 10.0. The molecule has 1 unspecified atom stereocenters. The van der Waals surface area contributed by atoms with Crippen LogP contribution in [0.15, 0.2) is 60.9 Å². The number of rotatable bonds is 14. The summed E-state index contributed by atoms with van der Waals surface area (Å²) >= 11 is 0. The number of benzene rings is 2. The molecule has 0 saturated carbocycles. The maximum absolute atomic E-state index is 13.6. The number of aromatic nitrogens is 4. The molecule has 2 saturated heterocycles. The molecule has 4 N–H and O–H groups in total. The Morgan fingerprint density at radius 2 is 1.18 bits per heavy atom. The van der Waals surface area contributed by atoms with E-state index < -0.39 is 30.4 Å². The minimum Gasteiger partial charge on any atom is -0.453 e. The minimum atomic E-state index is -0.898. The Labute approximate surface area is 325 Å². The number of amides is 4. The van der Waals surface area contributed by atoms with E-state index >= 15 is 0 Å². The van der Waals surface area contributed by atoms with E-state index in [1.807, 2.05) is 24.3 Å². The fraction of sp³-hybridized carbons (Fsp3) is 0.450. The van der Waals surface area contributed by atoms with E-state index in [0.717, 1.165) is 59.3 Å². The number of ether oxygens (including phenoxy) is 4. The van der Waals surface area contributed by atoms with Crippen molar-refractivity contribution < 1.29 is 38.1 Å². The van der Waals surface area contributed by atoms with Gasteiger partial charge in [0.1, 0.15) is 23.7 Å². The van der Waals surface area contributed by atoms with E-state index in [4.69, 9.17) is 18.9 Å². The van der Waals surface area contributed by atoms with E-state index in [0.29, 0.717) is 37.8 Å². The standard InChI is InChI=1S/C40H50N8O8/c1-24(54-3)34(46-40(52)56-5)38(50)48-20-7-9-33(48)36-42-23-31(44-36)28-16-12-26(13-17-28)25-10-14-27(15-11-25)30-22-41-35(43-30)32-8-6-19-47(32)37(49)29(18-21-53-2)45-39(51)55-4/h10-17,22-24,29,32-34H,6-9,18-21H2,1-5H3,(H,41,43)(H,42,44)(H,45,51)(H,46,52)/t24-,29+,32+,33+,34?/m1/s1. The van der Waals surface area contributed by atoms with E-state index in [1.54, 1.807) is 36.2 Å². The second kappa shape index (κ2) is 18.3. The summed E-state index contributed by atoms with van der Waals surface area (Å²) < 4.78 is 20.0. The first-order chi connectivity index (χ1) is 27.1. The van der Waals surface area contributed by atoms with E-state index in [2.05, 4.69) is 54.8 Å². The molecule has 0 radical (unpaired) electrons. The van der Waals surface area contributed by atoms with Crippen LogP contribution in [0.1, 0.15) is 62.8 Å². The summed E-state index contributed by atoms with van der Waals surface area (Å²) in [6.07, 6.45) is 5.10. The molecule has 56 heavy (non-hydrogen) atoms. The summed E-state index contributed by atoms with van der Waals surface area (Å²) in [4.78, 5) is 70.8. The zero-order chi connectivity index (χ0) is 39.8. The fourth-order valence-electron chi connectivity index (χ4n) is 7.39. The molecule has 4 aromatic rings. The molecule has 16 heteroatoms. The molecule has 298 valence electrons. The molecule has 16 nitrogen and oxygen atoms in total. The molecule has 0 bridgehead atoms. The summed E-state index contributed by atoms with van der Waals surface area (Å²) in [7, 11) is 5.57. The van der Waals surface area contributed by atoms with Crippen molar-refractivity contribution in [3.8, 4) is 33.6 Å². The Kier molecular flexibility index (Phi) is 13.0. The predicted octanol–water partition coefficient (Wildman–Crippen LogP) is 4.98. The lowest BCUT2D eigenvalue weighted by Crippen LogP contribution is -2.54. The second-order valence-corrected chi connectivity index (χ2v) is 13.9. The highest BCUT2D eigenvalue weighted by atomic mass is 16.5. The number of carbonyl (C=O) groups is 4. The molecule has 0 aliphatic carbocycles. The molecule has 2 aliphatic rings. The van der Waals surface area contributed by atoms with Gasteiger partial charge in [-0.2, -0.15) is 0 Å². The summed E-state index contributed by atoms with van der Waals surface area (Å²) in [5.74, 6) is 0.938. The monoisotopic (exact) mass is 770 g/mol. The lowest BCUT2D eigenvalue weighted by Gasteiger charge is -2.30. The Balaban J connectivity index is 1.10. The quantitative estimate of drug-likeness (QED) is 0.136. The molecule has 5 atom stereocenters. The van der Waals surface area contributed by atoms with Gasteiger partial charge in [0.05, 0.1) is 56.2 Å². The number of nitrogens with zero attached hydrogens (tertiary/aromatic N) is 4. The third-order valence-corrected chi connectivity index (χ3v) is 10.6. The van der Waals surface area contributed by atoms with Crippen molar-refractivity contribution in [2.45, 2.75) is 69.3 Å². The second-order valence-electron chi connectivity index (χ2n) is 13.9. The summed E-state index contributed by atoms with van der Waals surface area (Å²) in [5, 5.41) is 5.26. The first kappa shape index (κ1) is 39.9. The van der Waals surface area contributed by atoms with Crippen LogP contribution in [0.3, 0.4) is 0 Å². The van der Waals surface area contributed by atoms with Gasteiger partial charge < -0.3 is 49.3 Å². The van der Waals surface area contributed by atoms with Crippen LogP contribution in [0.2, 0.25) is 0 Å².